The number of fused-ring (bicyclic) bond motifs is 1. The number of hydrogen-bond acceptors (Lipinski definition) is 3. The minimum absolute atomic E-state index is 0.216. The van der Waals surface area contributed by atoms with Gasteiger partial charge in [-0.2, -0.15) is 0 Å². The monoisotopic (exact) mass is 372 g/mol. The Morgan fingerprint density at radius 2 is 1.81 bits per heavy atom. The van der Waals surface area contributed by atoms with Crippen LogP contribution in [0.4, 0.5) is 4.79 Å². The van der Waals surface area contributed by atoms with Crippen LogP contribution in [-0.2, 0) is 0 Å². The van der Waals surface area contributed by atoms with Crippen molar-refractivity contribution in [3.8, 4) is 5.75 Å². The Kier molecular flexibility index (Phi) is 5.38. The minimum Gasteiger partial charge on any atom is -0.493 e. The van der Waals surface area contributed by atoms with E-state index in [1.165, 1.54) is 0 Å². The topological polar surface area (TPSA) is 63.5 Å². The van der Waals surface area contributed by atoms with Crippen LogP contribution in [0.1, 0.15) is 37.3 Å². The molecule has 2 atom stereocenters. The number of halogens is 1. The molecule has 1 heterocycles. The summed E-state index contributed by atoms with van der Waals surface area (Å²) < 4.78 is 11.2. The van der Waals surface area contributed by atoms with Gasteiger partial charge in [-0.25, -0.2) is 4.79 Å². The number of carbonyl (C=O) groups excluding carboxylic acids is 1. The molecule has 0 aliphatic heterocycles. The van der Waals surface area contributed by atoms with Crippen LogP contribution in [0, 0.1) is 0 Å². The summed E-state index contributed by atoms with van der Waals surface area (Å²) in [5.74, 6) is 1.32. The summed E-state index contributed by atoms with van der Waals surface area (Å²) in [6.07, 6.45) is 0. The summed E-state index contributed by atoms with van der Waals surface area (Å²) in [4.78, 5) is 12.3. The van der Waals surface area contributed by atoms with E-state index in [1.54, 1.807) is 13.2 Å². The summed E-state index contributed by atoms with van der Waals surface area (Å²) in [7, 11) is 1.60. The van der Waals surface area contributed by atoms with Gasteiger partial charge in [0.25, 0.3) is 0 Å². The van der Waals surface area contributed by atoms with Gasteiger partial charge in [-0.15, -0.1) is 0 Å². The van der Waals surface area contributed by atoms with Crippen LogP contribution in [0.15, 0.2) is 52.9 Å². The Bertz CT molecular complexity index is 922. The highest BCUT2D eigenvalue weighted by Crippen LogP contribution is 2.31. The fraction of sp³-hybridized carbons (Fsp3) is 0.250. The quantitative estimate of drug-likeness (QED) is 0.645. The zero-order valence-electron chi connectivity index (χ0n) is 14.9. The first-order valence-corrected chi connectivity index (χ1v) is 8.75. The van der Waals surface area contributed by atoms with Crippen molar-refractivity contribution in [3.05, 3.63) is 64.9 Å². The molecule has 0 saturated heterocycles. The first-order chi connectivity index (χ1) is 12.5. The Labute approximate surface area is 157 Å². The second kappa shape index (κ2) is 7.70. The van der Waals surface area contributed by atoms with Crippen LogP contribution in [0.25, 0.3) is 11.0 Å². The molecule has 0 spiro atoms. The molecular formula is C20H21ClN2O3. The van der Waals surface area contributed by atoms with Crippen molar-refractivity contribution in [1.82, 2.24) is 10.6 Å². The van der Waals surface area contributed by atoms with E-state index in [-0.39, 0.29) is 18.1 Å². The molecule has 6 heteroatoms. The van der Waals surface area contributed by atoms with Crippen LogP contribution < -0.4 is 15.4 Å². The molecule has 26 heavy (non-hydrogen) atoms. The van der Waals surface area contributed by atoms with Crippen molar-refractivity contribution < 1.29 is 13.9 Å². The molecule has 136 valence electrons. The van der Waals surface area contributed by atoms with Crippen LogP contribution in [0.2, 0.25) is 5.02 Å². The van der Waals surface area contributed by atoms with Gasteiger partial charge >= 0.3 is 6.03 Å². The summed E-state index contributed by atoms with van der Waals surface area (Å²) >= 11 is 6.18. The minimum atomic E-state index is -0.300. The predicted molar refractivity (Wildman–Crippen MR) is 103 cm³/mol. The van der Waals surface area contributed by atoms with Gasteiger partial charge in [-0.05, 0) is 37.6 Å². The molecule has 0 aliphatic rings. The predicted octanol–water partition coefficient (Wildman–Crippen LogP) is 5.22. The molecule has 5 nitrogen and oxygen atoms in total. The van der Waals surface area contributed by atoms with Crippen LogP contribution in [0.5, 0.6) is 5.75 Å². The number of para-hydroxylation sites is 1. The maximum Gasteiger partial charge on any atom is 0.315 e. The Hall–Kier alpha value is -2.66. The number of furan rings is 1. The highest BCUT2D eigenvalue weighted by atomic mass is 35.5. The molecule has 0 radical (unpaired) electrons. The van der Waals surface area contributed by atoms with Gasteiger partial charge in [0, 0.05) is 10.4 Å². The molecule has 1 aromatic heterocycles. The number of rotatable bonds is 5. The number of ether oxygens (including phenoxy) is 1. The normalized spacial score (nSPS) is 13.2. The van der Waals surface area contributed by atoms with Gasteiger partial charge in [0.2, 0.25) is 0 Å². The molecule has 2 N–H and O–H groups in total. The lowest BCUT2D eigenvalue weighted by molar-refractivity contribution is 0.233. The summed E-state index contributed by atoms with van der Waals surface area (Å²) in [6.45, 7) is 3.75. The van der Waals surface area contributed by atoms with Crippen molar-refractivity contribution in [3.63, 3.8) is 0 Å². The largest absolute Gasteiger partial charge is 0.493 e. The van der Waals surface area contributed by atoms with E-state index in [0.717, 1.165) is 10.9 Å². The number of benzene rings is 2. The zero-order chi connectivity index (χ0) is 18.7. The smallest absolute Gasteiger partial charge is 0.315 e. The number of hydrogen-bond donors (Lipinski definition) is 2. The van der Waals surface area contributed by atoms with Crippen LogP contribution >= 0.6 is 11.6 Å². The maximum atomic E-state index is 12.3. The molecule has 0 fully saturated rings. The third kappa shape index (κ3) is 3.78. The molecule has 2 aromatic carbocycles. The molecule has 3 rings (SSSR count). The van der Waals surface area contributed by atoms with E-state index in [0.29, 0.717) is 22.1 Å². The van der Waals surface area contributed by atoms with Gasteiger partial charge in [-0.1, -0.05) is 41.9 Å². The molecule has 0 bridgehead atoms. The fourth-order valence-corrected chi connectivity index (χ4v) is 3.14. The van der Waals surface area contributed by atoms with Gasteiger partial charge in [-0.3, -0.25) is 0 Å². The second-order valence-electron chi connectivity index (χ2n) is 6.11. The average Bonchev–Trinajstić information content (AvgIpc) is 3.06. The van der Waals surface area contributed by atoms with E-state index < -0.39 is 0 Å². The van der Waals surface area contributed by atoms with Crippen LogP contribution in [0.3, 0.4) is 0 Å². The maximum absolute atomic E-state index is 12.3. The highest BCUT2D eigenvalue weighted by molar-refractivity contribution is 6.31. The summed E-state index contributed by atoms with van der Waals surface area (Å²) in [5, 5.41) is 7.33. The van der Waals surface area contributed by atoms with Crippen LogP contribution in [-0.4, -0.2) is 13.1 Å². The van der Waals surface area contributed by atoms with Crippen molar-refractivity contribution in [2.75, 3.05) is 7.11 Å². The molecular weight excluding hydrogens is 352 g/mol. The van der Waals surface area contributed by atoms with Crippen molar-refractivity contribution >= 4 is 28.6 Å². The second-order valence-corrected chi connectivity index (χ2v) is 6.52. The van der Waals surface area contributed by atoms with E-state index in [1.807, 2.05) is 56.3 Å². The van der Waals surface area contributed by atoms with Gasteiger partial charge in [0.05, 0.1) is 19.2 Å². The molecule has 0 saturated carbocycles. The average molecular weight is 373 g/mol. The first-order valence-electron chi connectivity index (χ1n) is 8.37. The standard InChI is InChI=1S/C20H21ClN2O3/c1-12(15-8-4-5-9-16(15)21)22-20(24)23-13(2)18-11-14-7-6-10-17(25-3)19(14)26-18/h4-13H,1-3H3,(H2,22,23,24). The zero-order valence-corrected chi connectivity index (χ0v) is 15.6. The lowest BCUT2D eigenvalue weighted by atomic mass is 10.1. The van der Waals surface area contributed by atoms with E-state index in [4.69, 9.17) is 20.8 Å². The van der Waals surface area contributed by atoms with Gasteiger partial charge < -0.3 is 19.8 Å². The lowest BCUT2D eigenvalue weighted by Crippen LogP contribution is -2.38. The summed E-state index contributed by atoms with van der Waals surface area (Å²) in [6, 6.07) is 14.2. The summed E-state index contributed by atoms with van der Waals surface area (Å²) in [5.41, 5.74) is 1.54. The van der Waals surface area contributed by atoms with Gasteiger partial charge in [0.15, 0.2) is 11.3 Å². The lowest BCUT2D eigenvalue weighted by Gasteiger charge is -2.18. The third-order valence-corrected chi connectivity index (χ3v) is 4.58. The Morgan fingerprint density at radius 3 is 2.54 bits per heavy atom. The molecule has 0 aliphatic carbocycles. The Balaban J connectivity index is 1.68. The molecule has 2 amide bonds. The fourth-order valence-electron chi connectivity index (χ4n) is 2.84. The number of nitrogens with one attached hydrogen (secondary N) is 2. The van der Waals surface area contributed by atoms with Crippen molar-refractivity contribution in [2.24, 2.45) is 0 Å². The first kappa shape index (κ1) is 18.1. The number of urea groups is 1. The van der Waals surface area contributed by atoms with E-state index in [2.05, 4.69) is 10.6 Å². The van der Waals surface area contributed by atoms with E-state index in [9.17, 15) is 4.79 Å². The SMILES string of the molecule is COc1cccc2cc(C(C)NC(=O)NC(C)c3ccccc3Cl)oc12. The third-order valence-electron chi connectivity index (χ3n) is 4.24. The molecule has 2 unspecified atom stereocenters. The Morgan fingerprint density at radius 1 is 1.08 bits per heavy atom. The van der Waals surface area contributed by atoms with Crippen molar-refractivity contribution in [2.45, 2.75) is 25.9 Å². The molecule has 3 aromatic rings. The van der Waals surface area contributed by atoms with Crippen molar-refractivity contribution in [1.29, 1.82) is 0 Å². The van der Waals surface area contributed by atoms with Gasteiger partial charge in [0.1, 0.15) is 5.76 Å². The van der Waals surface area contributed by atoms with E-state index >= 15 is 0 Å². The number of methoxy groups -OCH3 is 1. The highest BCUT2D eigenvalue weighted by Gasteiger charge is 2.18. The number of amides is 2. The number of carbonyl (C=O) groups is 1.